The molecule has 1 N–H and O–H groups in total. The van der Waals surface area contributed by atoms with E-state index < -0.39 is 0 Å². The SMILES string of the molecule is CCN(CCCCCCNC(=O)OCc1ccccc1)Cc1cccs1. The van der Waals surface area contributed by atoms with Gasteiger partial charge in [0.25, 0.3) is 0 Å². The van der Waals surface area contributed by atoms with Crippen LogP contribution >= 0.6 is 11.3 Å². The van der Waals surface area contributed by atoms with Gasteiger partial charge in [0.1, 0.15) is 6.61 Å². The first-order valence-corrected chi connectivity index (χ1v) is 10.3. The highest BCUT2D eigenvalue weighted by atomic mass is 32.1. The van der Waals surface area contributed by atoms with Gasteiger partial charge in [0.05, 0.1) is 0 Å². The number of hydrogen-bond acceptors (Lipinski definition) is 4. The van der Waals surface area contributed by atoms with Gasteiger partial charge in [-0.25, -0.2) is 4.79 Å². The molecule has 26 heavy (non-hydrogen) atoms. The molecule has 2 rings (SSSR count). The summed E-state index contributed by atoms with van der Waals surface area (Å²) < 4.78 is 5.20. The van der Waals surface area contributed by atoms with E-state index >= 15 is 0 Å². The number of rotatable bonds is 12. The molecule has 4 nitrogen and oxygen atoms in total. The van der Waals surface area contributed by atoms with E-state index in [2.05, 4.69) is 34.7 Å². The predicted molar refractivity (Wildman–Crippen MR) is 108 cm³/mol. The molecule has 0 spiro atoms. The first kappa shape index (κ1) is 20.5. The summed E-state index contributed by atoms with van der Waals surface area (Å²) in [6.45, 7) is 6.51. The quantitative estimate of drug-likeness (QED) is 0.528. The van der Waals surface area contributed by atoms with Crippen LogP contribution in [0.2, 0.25) is 0 Å². The van der Waals surface area contributed by atoms with Gasteiger partial charge in [-0.05, 0) is 42.9 Å². The van der Waals surface area contributed by atoms with Crippen LogP contribution < -0.4 is 5.32 Å². The van der Waals surface area contributed by atoms with Crippen molar-refractivity contribution < 1.29 is 9.53 Å². The summed E-state index contributed by atoms with van der Waals surface area (Å²) in [5.41, 5.74) is 1.01. The minimum absolute atomic E-state index is 0.323. The van der Waals surface area contributed by atoms with Crippen LogP contribution in [0.15, 0.2) is 47.8 Å². The number of nitrogens with one attached hydrogen (secondary N) is 1. The largest absolute Gasteiger partial charge is 0.445 e. The second kappa shape index (κ2) is 12.5. The van der Waals surface area contributed by atoms with Crippen molar-refractivity contribution in [2.75, 3.05) is 19.6 Å². The lowest BCUT2D eigenvalue weighted by molar-refractivity contribution is 0.139. The number of benzene rings is 1. The van der Waals surface area contributed by atoms with E-state index in [1.54, 1.807) is 0 Å². The van der Waals surface area contributed by atoms with Gasteiger partial charge in [-0.1, -0.05) is 56.2 Å². The van der Waals surface area contributed by atoms with Gasteiger partial charge >= 0.3 is 6.09 Å². The molecule has 0 bridgehead atoms. The smallest absolute Gasteiger partial charge is 0.407 e. The minimum atomic E-state index is -0.332. The standard InChI is InChI=1S/C21H30N2O2S/c1-2-23(17-20-13-10-16-26-20)15-9-4-3-8-14-22-21(24)25-18-19-11-6-5-7-12-19/h5-7,10-13,16H,2-4,8-9,14-15,17-18H2,1H3,(H,22,24). The van der Waals surface area contributed by atoms with Crippen molar-refractivity contribution in [3.63, 3.8) is 0 Å². The molecule has 1 aromatic heterocycles. The van der Waals surface area contributed by atoms with Crippen molar-refractivity contribution in [3.05, 3.63) is 58.3 Å². The molecule has 0 fully saturated rings. The number of carbonyl (C=O) groups excluding carboxylic acids is 1. The first-order chi connectivity index (χ1) is 12.8. The predicted octanol–water partition coefficient (Wildman–Crippen LogP) is 5.06. The number of hydrogen-bond donors (Lipinski definition) is 1. The highest BCUT2D eigenvalue weighted by Gasteiger charge is 2.05. The van der Waals surface area contributed by atoms with Gasteiger partial charge in [0.2, 0.25) is 0 Å². The number of thiophene rings is 1. The molecule has 0 saturated carbocycles. The average molecular weight is 375 g/mol. The third kappa shape index (κ3) is 8.50. The number of ether oxygens (including phenoxy) is 1. The first-order valence-electron chi connectivity index (χ1n) is 9.47. The topological polar surface area (TPSA) is 41.6 Å². The summed E-state index contributed by atoms with van der Waals surface area (Å²) in [5.74, 6) is 0. The minimum Gasteiger partial charge on any atom is -0.445 e. The molecule has 0 unspecified atom stereocenters. The molecule has 0 atom stereocenters. The molecule has 2 aromatic rings. The fourth-order valence-corrected chi connectivity index (χ4v) is 3.50. The Morgan fingerprint density at radius 1 is 1.08 bits per heavy atom. The van der Waals surface area contributed by atoms with Crippen molar-refractivity contribution in [1.82, 2.24) is 10.2 Å². The third-order valence-electron chi connectivity index (χ3n) is 4.29. The van der Waals surface area contributed by atoms with Crippen LogP contribution in [-0.4, -0.2) is 30.6 Å². The zero-order valence-corrected chi connectivity index (χ0v) is 16.5. The van der Waals surface area contributed by atoms with E-state index in [0.29, 0.717) is 13.2 Å². The Hall–Kier alpha value is -1.85. The Bertz CT molecular complexity index is 602. The summed E-state index contributed by atoms with van der Waals surface area (Å²) in [6.07, 6.45) is 4.20. The second-order valence-electron chi connectivity index (χ2n) is 6.35. The van der Waals surface area contributed by atoms with Crippen molar-refractivity contribution in [2.45, 2.75) is 45.8 Å². The Balaban J connectivity index is 1.45. The molecule has 0 saturated heterocycles. The van der Waals surface area contributed by atoms with Crippen LogP contribution in [0.4, 0.5) is 4.79 Å². The van der Waals surface area contributed by atoms with E-state index in [0.717, 1.165) is 38.0 Å². The Labute approximate surface area is 161 Å². The zero-order chi connectivity index (χ0) is 18.5. The molecular weight excluding hydrogens is 344 g/mol. The summed E-state index contributed by atoms with van der Waals surface area (Å²) in [6, 6.07) is 14.1. The lowest BCUT2D eigenvalue weighted by Gasteiger charge is -2.19. The van der Waals surface area contributed by atoms with Crippen molar-refractivity contribution >= 4 is 17.4 Å². The molecule has 0 aliphatic carbocycles. The van der Waals surface area contributed by atoms with Crippen LogP contribution in [0.3, 0.4) is 0 Å². The Morgan fingerprint density at radius 3 is 2.62 bits per heavy atom. The van der Waals surface area contributed by atoms with Gasteiger partial charge in [-0.2, -0.15) is 0 Å². The van der Waals surface area contributed by atoms with E-state index in [4.69, 9.17) is 4.74 Å². The Morgan fingerprint density at radius 2 is 1.88 bits per heavy atom. The second-order valence-corrected chi connectivity index (χ2v) is 7.38. The molecule has 0 aliphatic rings. The van der Waals surface area contributed by atoms with E-state index in [1.165, 1.54) is 17.7 Å². The molecule has 0 radical (unpaired) electrons. The van der Waals surface area contributed by atoms with Gasteiger partial charge in [0, 0.05) is 18.0 Å². The van der Waals surface area contributed by atoms with Crippen molar-refractivity contribution in [2.24, 2.45) is 0 Å². The fraction of sp³-hybridized carbons (Fsp3) is 0.476. The average Bonchev–Trinajstić information content (AvgIpc) is 3.18. The lowest BCUT2D eigenvalue weighted by atomic mass is 10.2. The highest BCUT2D eigenvalue weighted by molar-refractivity contribution is 7.09. The maximum absolute atomic E-state index is 11.6. The molecule has 0 aliphatic heterocycles. The van der Waals surface area contributed by atoms with Crippen LogP contribution in [0.5, 0.6) is 0 Å². The summed E-state index contributed by atoms with van der Waals surface area (Å²) >= 11 is 1.83. The number of amides is 1. The highest BCUT2D eigenvalue weighted by Crippen LogP contribution is 2.12. The molecular formula is C21H30N2O2S. The van der Waals surface area contributed by atoms with Crippen LogP contribution in [0.1, 0.15) is 43.0 Å². The fourth-order valence-electron chi connectivity index (χ4n) is 2.75. The van der Waals surface area contributed by atoms with Crippen molar-refractivity contribution in [3.8, 4) is 0 Å². The monoisotopic (exact) mass is 374 g/mol. The summed E-state index contributed by atoms with van der Waals surface area (Å²) in [7, 11) is 0. The maximum Gasteiger partial charge on any atom is 0.407 e. The van der Waals surface area contributed by atoms with Crippen LogP contribution in [0, 0.1) is 0 Å². The van der Waals surface area contributed by atoms with Gasteiger partial charge < -0.3 is 10.1 Å². The Kier molecular flexibility index (Phi) is 9.83. The van der Waals surface area contributed by atoms with E-state index in [9.17, 15) is 4.79 Å². The van der Waals surface area contributed by atoms with Gasteiger partial charge in [0.15, 0.2) is 0 Å². The number of alkyl carbamates (subject to hydrolysis) is 1. The lowest BCUT2D eigenvalue weighted by Crippen LogP contribution is -2.25. The van der Waals surface area contributed by atoms with Crippen LogP contribution in [-0.2, 0) is 17.9 Å². The molecule has 5 heteroatoms. The summed E-state index contributed by atoms with van der Waals surface area (Å²) in [5, 5.41) is 4.96. The molecule has 1 aromatic carbocycles. The zero-order valence-electron chi connectivity index (χ0n) is 15.7. The normalized spacial score (nSPS) is 10.8. The molecule has 1 amide bonds. The van der Waals surface area contributed by atoms with Crippen LogP contribution in [0.25, 0.3) is 0 Å². The third-order valence-corrected chi connectivity index (χ3v) is 5.15. The van der Waals surface area contributed by atoms with E-state index in [1.807, 2.05) is 41.7 Å². The number of carbonyl (C=O) groups is 1. The van der Waals surface area contributed by atoms with Crippen molar-refractivity contribution in [1.29, 1.82) is 0 Å². The van der Waals surface area contributed by atoms with Gasteiger partial charge in [-0.3, -0.25) is 4.90 Å². The molecule has 142 valence electrons. The number of unbranched alkanes of at least 4 members (excludes halogenated alkanes) is 3. The summed E-state index contributed by atoms with van der Waals surface area (Å²) in [4.78, 5) is 15.6. The maximum atomic E-state index is 11.6. The van der Waals surface area contributed by atoms with Gasteiger partial charge in [-0.15, -0.1) is 11.3 Å². The van der Waals surface area contributed by atoms with E-state index in [-0.39, 0.29) is 6.09 Å². The number of nitrogens with zero attached hydrogens (tertiary/aromatic N) is 1. The molecule has 1 heterocycles.